The van der Waals surface area contributed by atoms with Gasteiger partial charge in [-0.05, 0) is 27.7 Å². The van der Waals surface area contributed by atoms with E-state index in [0.29, 0.717) is 12.6 Å². The Morgan fingerprint density at radius 2 is 2.07 bits per heavy atom. The van der Waals surface area contributed by atoms with E-state index < -0.39 is 0 Å². The molecule has 0 spiro atoms. The van der Waals surface area contributed by atoms with Gasteiger partial charge in [0.15, 0.2) is 0 Å². The van der Waals surface area contributed by atoms with E-state index in [1.54, 1.807) is 7.11 Å². The molecule has 84 valence electrons. The van der Waals surface area contributed by atoms with Crippen molar-refractivity contribution in [3.05, 3.63) is 0 Å². The molecule has 1 atom stereocenters. The molecule has 5 nitrogen and oxygen atoms in total. The van der Waals surface area contributed by atoms with Crippen LogP contribution in [0.5, 0.6) is 0 Å². The quantitative estimate of drug-likeness (QED) is 0.265. The van der Waals surface area contributed by atoms with Crippen molar-refractivity contribution in [2.45, 2.75) is 39.3 Å². The molecule has 0 amide bonds. The smallest absolute Gasteiger partial charge is 0.206 e. The van der Waals surface area contributed by atoms with Crippen molar-refractivity contribution >= 4 is 5.96 Å². The third-order valence-electron chi connectivity index (χ3n) is 1.39. The lowest BCUT2D eigenvalue weighted by molar-refractivity contribution is 0.185. The van der Waals surface area contributed by atoms with Gasteiger partial charge < -0.3 is 10.1 Å². The molecular formula is C9H22N4O. The molecule has 1 unspecified atom stereocenters. The van der Waals surface area contributed by atoms with Gasteiger partial charge in [-0.15, -0.1) is 0 Å². The molecule has 0 radical (unpaired) electrons. The van der Waals surface area contributed by atoms with Crippen molar-refractivity contribution in [1.82, 2.24) is 10.7 Å². The molecule has 0 rings (SSSR count). The van der Waals surface area contributed by atoms with E-state index in [4.69, 9.17) is 10.6 Å². The van der Waals surface area contributed by atoms with Crippen LogP contribution in [0.1, 0.15) is 27.7 Å². The molecule has 0 heterocycles. The number of ether oxygens (including phenoxy) is 1. The van der Waals surface area contributed by atoms with Gasteiger partial charge in [0.1, 0.15) is 0 Å². The summed E-state index contributed by atoms with van der Waals surface area (Å²) >= 11 is 0. The Balaban J connectivity index is 4.25. The zero-order valence-electron chi connectivity index (χ0n) is 9.72. The van der Waals surface area contributed by atoms with Gasteiger partial charge in [-0.25, -0.2) is 10.8 Å². The zero-order chi connectivity index (χ0) is 11.2. The van der Waals surface area contributed by atoms with E-state index >= 15 is 0 Å². The maximum atomic E-state index is 5.34. The molecule has 14 heavy (non-hydrogen) atoms. The molecule has 0 aromatic rings. The maximum absolute atomic E-state index is 5.34. The standard InChI is InChI=1S/C9H22N4O/c1-7(6-14-5)11-8(13-10)12-9(2,3)4/h7H,6,10H2,1-5H3,(H2,11,12,13). The van der Waals surface area contributed by atoms with Crippen LogP contribution in [0.4, 0.5) is 0 Å². The molecule has 0 bridgehead atoms. The van der Waals surface area contributed by atoms with Crippen LogP contribution < -0.4 is 16.6 Å². The fraction of sp³-hybridized carbons (Fsp3) is 0.889. The molecule has 0 aromatic heterocycles. The topological polar surface area (TPSA) is 71.7 Å². The van der Waals surface area contributed by atoms with Crippen molar-refractivity contribution in [2.75, 3.05) is 13.7 Å². The summed E-state index contributed by atoms with van der Waals surface area (Å²) in [6.07, 6.45) is 0. The lowest BCUT2D eigenvalue weighted by atomic mass is 10.1. The Hall–Kier alpha value is -0.810. The molecule has 0 aromatic carbocycles. The third kappa shape index (κ3) is 6.68. The SMILES string of the molecule is COCC(C)N=C(NN)NC(C)(C)C. The predicted octanol–water partition coefficient (Wildman–Crippen LogP) is 0.229. The van der Waals surface area contributed by atoms with E-state index in [1.807, 2.05) is 27.7 Å². The fourth-order valence-electron chi connectivity index (χ4n) is 0.960. The summed E-state index contributed by atoms with van der Waals surface area (Å²) in [5.41, 5.74) is 2.47. The summed E-state index contributed by atoms with van der Waals surface area (Å²) in [7, 11) is 1.65. The van der Waals surface area contributed by atoms with Crippen molar-refractivity contribution in [2.24, 2.45) is 10.8 Å². The summed E-state index contributed by atoms with van der Waals surface area (Å²) in [5, 5.41) is 3.15. The Morgan fingerprint density at radius 1 is 1.50 bits per heavy atom. The number of aliphatic imine (C=N–C) groups is 1. The summed E-state index contributed by atoms with van der Waals surface area (Å²) in [6, 6.07) is 0.0842. The first kappa shape index (κ1) is 13.2. The van der Waals surface area contributed by atoms with Crippen LogP contribution in [0.3, 0.4) is 0 Å². The van der Waals surface area contributed by atoms with Crippen LogP contribution in [-0.4, -0.2) is 31.3 Å². The number of methoxy groups -OCH3 is 1. The first-order valence-corrected chi connectivity index (χ1v) is 4.70. The minimum absolute atomic E-state index is 0.0575. The highest BCUT2D eigenvalue weighted by molar-refractivity contribution is 5.80. The second-order valence-corrected chi connectivity index (χ2v) is 4.30. The molecular weight excluding hydrogens is 180 g/mol. The van der Waals surface area contributed by atoms with Crippen LogP contribution in [0.2, 0.25) is 0 Å². The van der Waals surface area contributed by atoms with Crippen molar-refractivity contribution in [1.29, 1.82) is 0 Å². The average Bonchev–Trinajstić information content (AvgIpc) is 2.01. The van der Waals surface area contributed by atoms with Gasteiger partial charge >= 0.3 is 0 Å². The highest BCUT2D eigenvalue weighted by atomic mass is 16.5. The minimum atomic E-state index is -0.0575. The molecule has 0 aliphatic carbocycles. The maximum Gasteiger partial charge on any atom is 0.206 e. The fourth-order valence-corrected chi connectivity index (χ4v) is 0.960. The minimum Gasteiger partial charge on any atom is -0.382 e. The molecule has 0 aliphatic heterocycles. The van der Waals surface area contributed by atoms with Crippen LogP contribution >= 0.6 is 0 Å². The van der Waals surface area contributed by atoms with Crippen LogP contribution in [0.25, 0.3) is 0 Å². The second-order valence-electron chi connectivity index (χ2n) is 4.30. The average molecular weight is 202 g/mol. The van der Waals surface area contributed by atoms with E-state index in [1.165, 1.54) is 0 Å². The molecule has 0 saturated carbocycles. The Labute approximate surface area is 86.1 Å². The zero-order valence-corrected chi connectivity index (χ0v) is 9.72. The highest BCUT2D eigenvalue weighted by Crippen LogP contribution is 1.98. The van der Waals surface area contributed by atoms with Gasteiger partial charge in [0.25, 0.3) is 0 Å². The third-order valence-corrected chi connectivity index (χ3v) is 1.39. The number of hydrogen-bond acceptors (Lipinski definition) is 3. The van der Waals surface area contributed by atoms with E-state index in [2.05, 4.69) is 15.7 Å². The van der Waals surface area contributed by atoms with E-state index in [9.17, 15) is 0 Å². The number of hydrogen-bond donors (Lipinski definition) is 3. The van der Waals surface area contributed by atoms with E-state index in [0.717, 1.165) is 0 Å². The van der Waals surface area contributed by atoms with Crippen LogP contribution in [-0.2, 0) is 4.74 Å². The second kappa shape index (κ2) is 5.82. The van der Waals surface area contributed by atoms with Gasteiger partial charge in [0, 0.05) is 12.6 Å². The number of nitrogens with zero attached hydrogens (tertiary/aromatic N) is 1. The normalized spacial score (nSPS) is 15.1. The van der Waals surface area contributed by atoms with Crippen molar-refractivity contribution in [3.63, 3.8) is 0 Å². The van der Waals surface area contributed by atoms with Gasteiger partial charge in [-0.3, -0.25) is 5.43 Å². The molecule has 0 aliphatic rings. The first-order valence-electron chi connectivity index (χ1n) is 4.70. The molecule has 0 fully saturated rings. The van der Waals surface area contributed by atoms with Crippen molar-refractivity contribution < 1.29 is 4.74 Å². The molecule has 5 heteroatoms. The lowest BCUT2D eigenvalue weighted by Gasteiger charge is -2.23. The number of hydrazine groups is 1. The summed E-state index contributed by atoms with van der Waals surface area (Å²) in [5.74, 6) is 5.93. The number of nitrogens with one attached hydrogen (secondary N) is 2. The van der Waals surface area contributed by atoms with Crippen LogP contribution in [0.15, 0.2) is 4.99 Å². The molecule has 0 saturated heterocycles. The number of nitrogens with two attached hydrogens (primary N) is 1. The summed E-state index contributed by atoms with van der Waals surface area (Å²) in [6.45, 7) is 8.67. The van der Waals surface area contributed by atoms with Crippen molar-refractivity contribution in [3.8, 4) is 0 Å². The largest absolute Gasteiger partial charge is 0.382 e. The Bertz CT molecular complexity index is 186. The Morgan fingerprint density at radius 3 is 2.43 bits per heavy atom. The Kier molecular flexibility index (Phi) is 5.49. The predicted molar refractivity (Wildman–Crippen MR) is 59.0 cm³/mol. The monoisotopic (exact) mass is 202 g/mol. The van der Waals surface area contributed by atoms with Gasteiger partial charge in [0.2, 0.25) is 5.96 Å². The van der Waals surface area contributed by atoms with Gasteiger partial charge in [-0.2, -0.15) is 0 Å². The lowest BCUT2D eigenvalue weighted by Crippen LogP contribution is -2.50. The van der Waals surface area contributed by atoms with Gasteiger partial charge in [0.05, 0.1) is 12.6 Å². The summed E-state index contributed by atoms with van der Waals surface area (Å²) in [4.78, 5) is 4.31. The number of rotatable bonds is 3. The van der Waals surface area contributed by atoms with E-state index in [-0.39, 0.29) is 11.6 Å². The summed E-state index contributed by atoms with van der Waals surface area (Å²) < 4.78 is 4.98. The highest BCUT2D eigenvalue weighted by Gasteiger charge is 2.12. The number of guanidine groups is 1. The molecule has 4 N–H and O–H groups in total. The van der Waals surface area contributed by atoms with Crippen LogP contribution in [0, 0.1) is 0 Å². The first-order chi connectivity index (χ1) is 6.39. The van der Waals surface area contributed by atoms with Gasteiger partial charge in [-0.1, -0.05) is 0 Å².